The molecular formula is C22H27ClN8O2S. The van der Waals surface area contributed by atoms with Crippen LogP contribution in [0.25, 0.3) is 16.9 Å². The van der Waals surface area contributed by atoms with E-state index in [4.69, 9.17) is 5.11 Å². The minimum Gasteiger partial charge on any atom is -0.480 e. The SMILES string of the molecule is Cc1cn2c(-c3cnn(CC(=O)O)c3)cnc2c(Nc2cc(CN3CCCC(C)C3)ns2)n1.Cl. The summed E-state index contributed by atoms with van der Waals surface area (Å²) < 4.78 is 7.98. The number of carbonyl (C=O) groups is 1. The molecule has 1 unspecified atom stereocenters. The first-order chi connectivity index (χ1) is 15.9. The summed E-state index contributed by atoms with van der Waals surface area (Å²) in [6.45, 7) is 7.18. The fourth-order valence-electron chi connectivity index (χ4n) is 4.35. The first-order valence-electron chi connectivity index (χ1n) is 11.0. The van der Waals surface area contributed by atoms with Gasteiger partial charge in [-0.05, 0) is 49.8 Å². The highest BCUT2D eigenvalue weighted by atomic mass is 35.5. The lowest BCUT2D eigenvalue weighted by Gasteiger charge is -2.30. The number of hydrogen-bond acceptors (Lipinski definition) is 8. The van der Waals surface area contributed by atoms with Gasteiger partial charge in [0.05, 0.1) is 29.5 Å². The van der Waals surface area contributed by atoms with E-state index in [9.17, 15) is 4.79 Å². The van der Waals surface area contributed by atoms with Crippen LogP contribution in [-0.4, -0.2) is 57.6 Å². The number of piperidine rings is 1. The Morgan fingerprint density at radius 2 is 2.18 bits per heavy atom. The maximum atomic E-state index is 11.0. The number of aromatic nitrogens is 6. The van der Waals surface area contributed by atoms with Crippen molar-refractivity contribution in [3.63, 3.8) is 0 Å². The quantitative estimate of drug-likeness (QED) is 0.392. The molecular weight excluding hydrogens is 476 g/mol. The lowest BCUT2D eigenvalue weighted by atomic mass is 10.0. The molecule has 0 aliphatic carbocycles. The Labute approximate surface area is 207 Å². The fraction of sp³-hybridized carbons (Fsp3) is 0.409. The molecule has 10 nitrogen and oxygen atoms in total. The Balaban J connectivity index is 0.00000274. The van der Waals surface area contributed by atoms with Gasteiger partial charge in [0.2, 0.25) is 0 Å². The smallest absolute Gasteiger partial charge is 0.325 e. The maximum Gasteiger partial charge on any atom is 0.325 e. The van der Waals surface area contributed by atoms with E-state index in [1.807, 2.05) is 17.5 Å². The van der Waals surface area contributed by atoms with Gasteiger partial charge >= 0.3 is 5.97 Å². The number of rotatable bonds is 7. The number of anilines is 2. The molecule has 5 rings (SSSR count). The molecule has 0 spiro atoms. The number of imidazole rings is 1. The van der Waals surface area contributed by atoms with E-state index in [0.29, 0.717) is 11.5 Å². The summed E-state index contributed by atoms with van der Waals surface area (Å²) in [5.41, 5.74) is 4.18. The van der Waals surface area contributed by atoms with Gasteiger partial charge in [-0.1, -0.05) is 6.92 Å². The molecule has 34 heavy (non-hydrogen) atoms. The molecule has 12 heteroatoms. The molecule has 1 saturated heterocycles. The van der Waals surface area contributed by atoms with E-state index in [1.54, 1.807) is 18.6 Å². The predicted molar refractivity (Wildman–Crippen MR) is 133 cm³/mol. The predicted octanol–water partition coefficient (Wildman–Crippen LogP) is 3.84. The van der Waals surface area contributed by atoms with Gasteiger partial charge in [0.1, 0.15) is 11.5 Å². The average molecular weight is 503 g/mol. The molecule has 2 N–H and O–H groups in total. The third-order valence-corrected chi connectivity index (χ3v) is 6.51. The van der Waals surface area contributed by atoms with Crippen molar-refractivity contribution in [1.82, 2.24) is 33.4 Å². The van der Waals surface area contributed by atoms with Crippen molar-refractivity contribution in [2.45, 2.75) is 39.8 Å². The van der Waals surface area contributed by atoms with Gasteiger partial charge in [-0.3, -0.25) is 18.8 Å². The van der Waals surface area contributed by atoms with Gasteiger partial charge in [-0.2, -0.15) is 9.47 Å². The van der Waals surface area contributed by atoms with Crippen LogP contribution in [0.2, 0.25) is 0 Å². The van der Waals surface area contributed by atoms with Gasteiger partial charge in [-0.25, -0.2) is 9.97 Å². The Kier molecular flexibility index (Phi) is 7.15. The van der Waals surface area contributed by atoms with Crippen LogP contribution in [0, 0.1) is 12.8 Å². The van der Waals surface area contributed by atoms with Crippen molar-refractivity contribution in [3.8, 4) is 11.3 Å². The molecule has 0 amide bonds. The number of carboxylic acids is 1. The lowest BCUT2D eigenvalue weighted by molar-refractivity contribution is -0.137. The first kappa shape index (κ1) is 24.1. The van der Waals surface area contributed by atoms with Crippen LogP contribution in [0.3, 0.4) is 0 Å². The van der Waals surface area contributed by atoms with Crippen molar-refractivity contribution in [2.75, 3.05) is 18.4 Å². The van der Waals surface area contributed by atoms with E-state index in [1.165, 1.54) is 29.1 Å². The van der Waals surface area contributed by atoms with E-state index in [0.717, 1.165) is 53.2 Å². The molecule has 1 aliphatic rings. The van der Waals surface area contributed by atoms with Crippen LogP contribution in [0.4, 0.5) is 10.8 Å². The summed E-state index contributed by atoms with van der Waals surface area (Å²) in [6, 6.07) is 2.09. The number of hydrogen-bond donors (Lipinski definition) is 2. The Bertz CT molecular complexity index is 1300. The first-order valence-corrected chi connectivity index (χ1v) is 11.8. The maximum absolute atomic E-state index is 11.0. The molecule has 0 radical (unpaired) electrons. The normalized spacial score (nSPS) is 16.5. The third kappa shape index (κ3) is 5.21. The second-order valence-corrected chi connectivity index (χ2v) is 9.48. The second kappa shape index (κ2) is 10.1. The molecule has 0 aromatic carbocycles. The van der Waals surface area contributed by atoms with Crippen molar-refractivity contribution >= 4 is 46.4 Å². The average Bonchev–Trinajstić information content (AvgIpc) is 3.48. The van der Waals surface area contributed by atoms with E-state index >= 15 is 0 Å². The standard InChI is InChI=1S/C22H26N8O2S.ClH/c1-14-4-3-5-28(9-14)12-17-6-19(33-27-17)26-21-22-23-8-18(30(22)10-15(2)25-21)16-7-24-29(11-16)13-20(31)32;/h6-8,10-11,14H,3-5,9,12-13H2,1-2H3,(H,25,26)(H,31,32);1H. The second-order valence-electron chi connectivity index (χ2n) is 8.68. The summed E-state index contributed by atoms with van der Waals surface area (Å²) in [5.74, 6) is 0.458. The van der Waals surface area contributed by atoms with Crippen LogP contribution < -0.4 is 5.32 Å². The highest BCUT2D eigenvalue weighted by Gasteiger charge is 2.18. The fourth-order valence-corrected chi connectivity index (χ4v) is 5.01. The zero-order valence-corrected chi connectivity index (χ0v) is 20.6. The highest BCUT2D eigenvalue weighted by molar-refractivity contribution is 7.10. The van der Waals surface area contributed by atoms with E-state index in [-0.39, 0.29) is 19.0 Å². The molecule has 1 aliphatic heterocycles. The summed E-state index contributed by atoms with van der Waals surface area (Å²) in [6.07, 6.45) is 9.57. The molecule has 4 aromatic rings. The van der Waals surface area contributed by atoms with Gasteiger partial charge in [0.25, 0.3) is 0 Å². The Morgan fingerprint density at radius 1 is 1.32 bits per heavy atom. The lowest BCUT2D eigenvalue weighted by Crippen LogP contribution is -2.33. The number of nitrogens with zero attached hydrogens (tertiary/aromatic N) is 7. The number of carboxylic acid groups (broad SMARTS) is 1. The minimum absolute atomic E-state index is 0. The molecule has 1 fully saturated rings. The summed E-state index contributed by atoms with van der Waals surface area (Å²) in [4.78, 5) is 22.7. The monoisotopic (exact) mass is 502 g/mol. The van der Waals surface area contributed by atoms with E-state index in [2.05, 4.69) is 42.6 Å². The minimum atomic E-state index is -0.937. The number of nitrogens with one attached hydrogen (secondary N) is 1. The third-order valence-electron chi connectivity index (χ3n) is 5.77. The van der Waals surface area contributed by atoms with Crippen LogP contribution in [0.15, 0.2) is 30.9 Å². The zero-order valence-electron chi connectivity index (χ0n) is 19.0. The van der Waals surface area contributed by atoms with E-state index < -0.39 is 5.97 Å². The van der Waals surface area contributed by atoms with Gasteiger partial charge < -0.3 is 10.4 Å². The molecule has 0 saturated carbocycles. The number of aryl methyl sites for hydroxylation is 1. The Hall–Kier alpha value is -3.02. The van der Waals surface area contributed by atoms with Crippen molar-refractivity contribution < 1.29 is 9.90 Å². The Morgan fingerprint density at radius 3 is 2.97 bits per heavy atom. The van der Waals surface area contributed by atoms with Gasteiger partial charge in [0, 0.05) is 31.0 Å². The highest BCUT2D eigenvalue weighted by Crippen LogP contribution is 2.28. The summed E-state index contributed by atoms with van der Waals surface area (Å²) in [7, 11) is 0. The number of aliphatic carboxylic acids is 1. The summed E-state index contributed by atoms with van der Waals surface area (Å²) >= 11 is 1.43. The summed E-state index contributed by atoms with van der Waals surface area (Å²) in [5, 5.41) is 17.5. The van der Waals surface area contributed by atoms with Gasteiger partial charge in [-0.15, -0.1) is 12.4 Å². The van der Waals surface area contributed by atoms with Crippen molar-refractivity contribution in [3.05, 3.63) is 42.2 Å². The number of fused-ring (bicyclic) bond motifs is 1. The van der Waals surface area contributed by atoms with Crippen molar-refractivity contribution in [1.29, 1.82) is 0 Å². The molecule has 1 atom stereocenters. The van der Waals surface area contributed by atoms with Crippen LogP contribution in [0.5, 0.6) is 0 Å². The van der Waals surface area contributed by atoms with Crippen LogP contribution in [-0.2, 0) is 17.9 Å². The molecule has 5 heterocycles. The molecule has 0 bridgehead atoms. The molecule has 180 valence electrons. The largest absolute Gasteiger partial charge is 0.480 e. The number of likely N-dealkylation sites (tertiary alicyclic amines) is 1. The van der Waals surface area contributed by atoms with Gasteiger partial charge in [0.15, 0.2) is 11.5 Å². The van der Waals surface area contributed by atoms with Crippen LogP contribution in [0.1, 0.15) is 31.2 Å². The molecule has 4 aromatic heterocycles. The van der Waals surface area contributed by atoms with Crippen LogP contribution >= 0.6 is 23.9 Å². The van der Waals surface area contributed by atoms with Crippen molar-refractivity contribution in [2.24, 2.45) is 5.92 Å². The topological polar surface area (TPSA) is 113 Å². The number of halogens is 1. The zero-order chi connectivity index (χ0) is 22.9.